The van der Waals surface area contributed by atoms with Crippen molar-refractivity contribution in [2.75, 3.05) is 24.6 Å². The molecular formula is C31H41N7O3. The number of ether oxygens (including phenoxy) is 1. The van der Waals surface area contributed by atoms with Crippen LogP contribution in [-0.4, -0.2) is 58.0 Å². The van der Waals surface area contributed by atoms with Crippen molar-refractivity contribution < 1.29 is 14.3 Å². The van der Waals surface area contributed by atoms with Crippen LogP contribution in [0.2, 0.25) is 0 Å². The van der Waals surface area contributed by atoms with E-state index in [2.05, 4.69) is 15.2 Å². The standard InChI is InChI=1S/C31H41N7O3/c1-2-41-30(40)31(14-18-37(19-15-31)24-11-16-34-17-12-24)13-10-27-36-25-20-22(29(32)33)8-9-26(25)38(27)21-28(39)35-23-6-4-3-5-7-23/h8-9,11-12,16-17,20,23H,2-7,10,13-15,18-19,21H2,1H3,(H3,32,33)(H,35,39). The first-order valence-corrected chi connectivity index (χ1v) is 14.8. The quantitative estimate of drug-likeness (QED) is 0.194. The molecule has 41 heavy (non-hydrogen) atoms. The summed E-state index contributed by atoms with van der Waals surface area (Å²) in [5.41, 5.74) is 8.32. The van der Waals surface area contributed by atoms with Crippen molar-refractivity contribution in [1.82, 2.24) is 19.9 Å². The number of nitrogen functional groups attached to an aromatic ring is 1. The van der Waals surface area contributed by atoms with Gasteiger partial charge >= 0.3 is 5.97 Å². The van der Waals surface area contributed by atoms with Crippen molar-refractivity contribution in [2.24, 2.45) is 11.1 Å². The van der Waals surface area contributed by atoms with E-state index in [0.717, 1.165) is 55.8 Å². The van der Waals surface area contributed by atoms with E-state index in [1.54, 1.807) is 24.5 Å². The number of amides is 1. The zero-order chi connectivity index (χ0) is 28.8. The van der Waals surface area contributed by atoms with Crippen LogP contribution in [0.25, 0.3) is 11.0 Å². The Morgan fingerprint density at radius 2 is 1.85 bits per heavy atom. The largest absolute Gasteiger partial charge is 0.466 e. The topological polar surface area (TPSA) is 139 Å². The van der Waals surface area contributed by atoms with Gasteiger partial charge in [0.05, 0.1) is 23.1 Å². The third kappa shape index (κ3) is 6.52. The molecule has 0 unspecified atom stereocenters. The maximum absolute atomic E-state index is 13.4. The number of nitrogens with two attached hydrogens (primary N) is 1. The number of rotatable bonds is 10. The van der Waals surface area contributed by atoms with Crippen molar-refractivity contribution >= 4 is 34.4 Å². The first kappa shape index (κ1) is 28.6. The van der Waals surface area contributed by atoms with Crippen LogP contribution in [0.15, 0.2) is 42.7 Å². The zero-order valence-electron chi connectivity index (χ0n) is 23.9. The SMILES string of the molecule is CCOC(=O)C1(CCc2nc3cc(C(=N)N)ccc3n2CC(=O)NC2CCCCC2)CCN(c2ccncc2)CC1. The second-order valence-corrected chi connectivity index (χ2v) is 11.3. The van der Waals surface area contributed by atoms with Gasteiger partial charge in [-0.05, 0) is 69.4 Å². The zero-order valence-corrected chi connectivity index (χ0v) is 23.9. The van der Waals surface area contributed by atoms with Gasteiger partial charge in [-0.2, -0.15) is 0 Å². The first-order valence-electron chi connectivity index (χ1n) is 14.8. The van der Waals surface area contributed by atoms with E-state index in [1.165, 1.54) is 6.42 Å². The van der Waals surface area contributed by atoms with E-state index >= 15 is 0 Å². The van der Waals surface area contributed by atoms with E-state index < -0.39 is 5.41 Å². The van der Waals surface area contributed by atoms with Crippen LogP contribution in [0, 0.1) is 10.8 Å². The number of fused-ring (bicyclic) bond motifs is 1. The molecule has 2 aliphatic rings. The lowest BCUT2D eigenvalue weighted by Gasteiger charge is -2.41. The minimum Gasteiger partial charge on any atom is -0.466 e. The average Bonchev–Trinajstić information content (AvgIpc) is 3.33. The Morgan fingerprint density at radius 1 is 1.12 bits per heavy atom. The molecule has 0 spiro atoms. The van der Waals surface area contributed by atoms with Crippen molar-refractivity contribution in [3.8, 4) is 0 Å². The third-order valence-electron chi connectivity index (χ3n) is 8.69. The maximum atomic E-state index is 13.4. The summed E-state index contributed by atoms with van der Waals surface area (Å²) in [4.78, 5) is 37.9. The molecule has 4 N–H and O–H groups in total. The van der Waals surface area contributed by atoms with E-state index in [1.807, 2.05) is 29.7 Å². The van der Waals surface area contributed by atoms with Gasteiger partial charge in [0.2, 0.25) is 5.91 Å². The molecule has 1 aliphatic carbocycles. The summed E-state index contributed by atoms with van der Waals surface area (Å²) in [7, 11) is 0. The summed E-state index contributed by atoms with van der Waals surface area (Å²) in [5, 5.41) is 11.1. The lowest BCUT2D eigenvalue weighted by atomic mass is 9.74. The molecule has 3 aromatic rings. The molecule has 1 aromatic carbocycles. The van der Waals surface area contributed by atoms with Gasteiger partial charge in [0.25, 0.3) is 0 Å². The Balaban J connectivity index is 1.38. The number of carbonyl (C=O) groups is 2. The second-order valence-electron chi connectivity index (χ2n) is 11.3. The minimum atomic E-state index is -0.628. The number of hydrogen-bond acceptors (Lipinski definition) is 7. The van der Waals surface area contributed by atoms with Crippen LogP contribution >= 0.6 is 0 Å². The molecule has 1 saturated heterocycles. The molecule has 2 aromatic heterocycles. The Labute approximate surface area is 241 Å². The highest BCUT2D eigenvalue weighted by Crippen LogP contribution is 2.39. The summed E-state index contributed by atoms with van der Waals surface area (Å²) >= 11 is 0. The highest BCUT2D eigenvalue weighted by Gasteiger charge is 2.42. The summed E-state index contributed by atoms with van der Waals surface area (Å²) in [6.07, 6.45) is 11.6. The number of aromatic nitrogens is 3. The highest BCUT2D eigenvalue weighted by molar-refractivity contribution is 5.98. The molecule has 218 valence electrons. The Bertz CT molecular complexity index is 1370. The van der Waals surface area contributed by atoms with E-state index in [0.29, 0.717) is 43.4 Å². The van der Waals surface area contributed by atoms with Gasteiger partial charge in [-0.3, -0.25) is 20.0 Å². The summed E-state index contributed by atoms with van der Waals surface area (Å²) in [6.45, 7) is 3.82. The number of anilines is 1. The average molecular weight is 560 g/mol. The first-order chi connectivity index (χ1) is 19.9. The molecular weight excluding hydrogens is 518 g/mol. The molecule has 5 rings (SSSR count). The normalized spacial score (nSPS) is 17.3. The maximum Gasteiger partial charge on any atom is 0.312 e. The van der Waals surface area contributed by atoms with Gasteiger partial charge in [-0.25, -0.2) is 4.98 Å². The highest BCUT2D eigenvalue weighted by atomic mass is 16.5. The van der Waals surface area contributed by atoms with Gasteiger partial charge in [-0.15, -0.1) is 0 Å². The van der Waals surface area contributed by atoms with E-state index in [-0.39, 0.29) is 30.3 Å². The van der Waals surface area contributed by atoms with Gasteiger partial charge in [0.15, 0.2) is 0 Å². The molecule has 0 bridgehead atoms. The number of benzene rings is 1. The molecule has 1 amide bonds. The summed E-state index contributed by atoms with van der Waals surface area (Å²) in [6, 6.07) is 9.67. The molecule has 10 heteroatoms. The summed E-state index contributed by atoms with van der Waals surface area (Å²) < 4.78 is 7.56. The number of carbonyl (C=O) groups excluding carboxylic acids is 2. The van der Waals surface area contributed by atoms with Crippen LogP contribution < -0.4 is 16.0 Å². The predicted octanol–water partition coefficient (Wildman–Crippen LogP) is 3.95. The van der Waals surface area contributed by atoms with Crippen LogP contribution in [0.3, 0.4) is 0 Å². The van der Waals surface area contributed by atoms with Gasteiger partial charge < -0.3 is 25.3 Å². The predicted molar refractivity (Wildman–Crippen MR) is 159 cm³/mol. The van der Waals surface area contributed by atoms with Crippen molar-refractivity contribution in [3.63, 3.8) is 0 Å². The van der Waals surface area contributed by atoms with E-state index in [9.17, 15) is 9.59 Å². The van der Waals surface area contributed by atoms with Gasteiger partial charge in [0, 0.05) is 49.2 Å². The number of imidazole rings is 1. The fraction of sp³-hybridized carbons (Fsp3) is 0.516. The Hall–Kier alpha value is -3.95. The van der Waals surface area contributed by atoms with Crippen LogP contribution in [0.4, 0.5) is 5.69 Å². The molecule has 1 saturated carbocycles. The fourth-order valence-electron chi connectivity index (χ4n) is 6.32. The van der Waals surface area contributed by atoms with Crippen molar-refractivity contribution in [2.45, 2.75) is 77.3 Å². The Morgan fingerprint density at radius 3 is 2.54 bits per heavy atom. The molecule has 1 aliphatic heterocycles. The summed E-state index contributed by atoms with van der Waals surface area (Å²) in [5.74, 6) is 0.532. The van der Waals surface area contributed by atoms with E-state index in [4.69, 9.17) is 20.9 Å². The van der Waals surface area contributed by atoms with Gasteiger partial charge in [0.1, 0.15) is 18.2 Å². The number of hydrogen-bond donors (Lipinski definition) is 3. The lowest BCUT2D eigenvalue weighted by Crippen LogP contribution is -2.45. The second kappa shape index (κ2) is 12.7. The lowest BCUT2D eigenvalue weighted by molar-refractivity contribution is -0.157. The molecule has 3 heterocycles. The molecule has 2 fully saturated rings. The van der Waals surface area contributed by atoms with Crippen molar-refractivity contribution in [1.29, 1.82) is 5.41 Å². The number of nitrogens with one attached hydrogen (secondary N) is 2. The molecule has 0 radical (unpaired) electrons. The Kier molecular flexibility index (Phi) is 8.85. The number of nitrogens with zero attached hydrogens (tertiary/aromatic N) is 4. The third-order valence-corrected chi connectivity index (χ3v) is 8.69. The monoisotopic (exact) mass is 559 g/mol. The van der Waals surface area contributed by atoms with Gasteiger partial charge in [-0.1, -0.05) is 19.3 Å². The minimum absolute atomic E-state index is 0.0275. The molecule has 0 atom stereocenters. The number of piperidine rings is 1. The fourth-order valence-corrected chi connectivity index (χ4v) is 6.32. The number of pyridine rings is 1. The number of amidine groups is 1. The smallest absolute Gasteiger partial charge is 0.312 e. The van der Waals surface area contributed by atoms with Crippen LogP contribution in [0.5, 0.6) is 0 Å². The van der Waals surface area contributed by atoms with Crippen LogP contribution in [0.1, 0.15) is 69.7 Å². The number of aryl methyl sites for hydroxylation is 1. The van der Waals surface area contributed by atoms with Crippen molar-refractivity contribution in [3.05, 3.63) is 54.1 Å². The molecule has 10 nitrogen and oxygen atoms in total. The number of esters is 1. The van der Waals surface area contributed by atoms with Crippen LogP contribution in [-0.2, 0) is 27.3 Å².